The summed E-state index contributed by atoms with van der Waals surface area (Å²) in [5.41, 5.74) is 2.04. The third kappa shape index (κ3) is 7.50. The highest BCUT2D eigenvalue weighted by Gasteiger charge is 2.07. The van der Waals surface area contributed by atoms with Gasteiger partial charge >= 0.3 is 11.9 Å². The number of benzene rings is 2. The molecule has 1 amide bonds. The number of ether oxygens (including phenoxy) is 3. The van der Waals surface area contributed by atoms with Gasteiger partial charge in [0, 0.05) is 12.6 Å². The van der Waals surface area contributed by atoms with Gasteiger partial charge in [0.15, 0.2) is 6.61 Å². The number of rotatable bonds is 9. The molecule has 0 spiro atoms. The lowest BCUT2D eigenvalue weighted by Gasteiger charge is -2.06. The SMILES string of the molecule is CCOc1ccc(/C=C/C(=O)OCC(=O)NCc2ccc(C(=O)OC)cc2)cc1. The van der Waals surface area contributed by atoms with Crippen LogP contribution in [0.4, 0.5) is 0 Å². The first-order chi connectivity index (χ1) is 14.0. The van der Waals surface area contributed by atoms with E-state index in [0.29, 0.717) is 12.2 Å². The van der Waals surface area contributed by atoms with Crippen molar-refractivity contribution in [3.8, 4) is 5.75 Å². The van der Waals surface area contributed by atoms with Crippen molar-refractivity contribution >= 4 is 23.9 Å². The van der Waals surface area contributed by atoms with Gasteiger partial charge in [-0.3, -0.25) is 4.79 Å². The van der Waals surface area contributed by atoms with Gasteiger partial charge in [0.1, 0.15) is 5.75 Å². The molecular weight excluding hydrogens is 374 g/mol. The van der Waals surface area contributed by atoms with Gasteiger partial charge in [0.05, 0.1) is 19.3 Å². The molecule has 7 nitrogen and oxygen atoms in total. The van der Waals surface area contributed by atoms with Crippen molar-refractivity contribution < 1.29 is 28.6 Å². The molecule has 0 fully saturated rings. The lowest BCUT2D eigenvalue weighted by Crippen LogP contribution is -2.28. The van der Waals surface area contributed by atoms with Gasteiger partial charge in [-0.25, -0.2) is 9.59 Å². The van der Waals surface area contributed by atoms with Crippen molar-refractivity contribution in [1.29, 1.82) is 0 Å². The molecule has 0 radical (unpaired) electrons. The van der Waals surface area contributed by atoms with Crippen LogP contribution in [0.3, 0.4) is 0 Å². The minimum Gasteiger partial charge on any atom is -0.494 e. The Kier molecular flexibility index (Phi) is 8.44. The molecule has 2 rings (SSSR count). The molecular formula is C22H23NO6. The fourth-order valence-electron chi connectivity index (χ4n) is 2.32. The van der Waals surface area contributed by atoms with Gasteiger partial charge in [-0.15, -0.1) is 0 Å². The molecule has 0 heterocycles. The summed E-state index contributed by atoms with van der Waals surface area (Å²) < 4.78 is 14.9. The summed E-state index contributed by atoms with van der Waals surface area (Å²) >= 11 is 0. The highest BCUT2D eigenvalue weighted by Crippen LogP contribution is 2.13. The number of hydrogen-bond donors (Lipinski definition) is 1. The quantitative estimate of drug-likeness (QED) is 0.517. The zero-order chi connectivity index (χ0) is 21.1. The molecule has 2 aromatic carbocycles. The molecule has 0 unspecified atom stereocenters. The number of hydrogen-bond acceptors (Lipinski definition) is 6. The second-order valence-corrected chi connectivity index (χ2v) is 5.91. The Morgan fingerprint density at radius 1 is 1.00 bits per heavy atom. The molecule has 29 heavy (non-hydrogen) atoms. The normalized spacial score (nSPS) is 10.4. The minimum absolute atomic E-state index is 0.250. The summed E-state index contributed by atoms with van der Waals surface area (Å²) in [4.78, 5) is 34.9. The zero-order valence-electron chi connectivity index (χ0n) is 16.3. The van der Waals surface area contributed by atoms with Crippen molar-refractivity contribution in [3.05, 3.63) is 71.3 Å². The molecule has 7 heteroatoms. The Bertz CT molecular complexity index is 856. The maximum atomic E-state index is 11.8. The summed E-state index contributed by atoms with van der Waals surface area (Å²) in [5, 5.41) is 2.64. The molecule has 0 bridgehead atoms. The van der Waals surface area contributed by atoms with Gasteiger partial charge in [-0.1, -0.05) is 24.3 Å². The van der Waals surface area contributed by atoms with Crippen LogP contribution in [0.15, 0.2) is 54.6 Å². The highest BCUT2D eigenvalue weighted by atomic mass is 16.5. The van der Waals surface area contributed by atoms with Crippen LogP contribution in [0.2, 0.25) is 0 Å². The van der Waals surface area contributed by atoms with Crippen LogP contribution < -0.4 is 10.1 Å². The van der Waals surface area contributed by atoms with Crippen LogP contribution in [0, 0.1) is 0 Å². The van der Waals surface area contributed by atoms with Crippen molar-refractivity contribution in [1.82, 2.24) is 5.32 Å². The Morgan fingerprint density at radius 2 is 1.69 bits per heavy atom. The van der Waals surface area contributed by atoms with Crippen LogP contribution in [0.5, 0.6) is 5.75 Å². The van der Waals surface area contributed by atoms with Gasteiger partial charge in [0.2, 0.25) is 0 Å². The van der Waals surface area contributed by atoms with Gasteiger partial charge in [-0.05, 0) is 48.4 Å². The highest BCUT2D eigenvalue weighted by molar-refractivity contribution is 5.90. The molecule has 152 valence electrons. The van der Waals surface area contributed by atoms with Crippen LogP contribution in [0.25, 0.3) is 6.08 Å². The summed E-state index contributed by atoms with van der Waals surface area (Å²) in [6.07, 6.45) is 2.85. The largest absolute Gasteiger partial charge is 0.494 e. The van der Waals surface area contributed by atoms with Gasteiger partial charge < -0.3 is 19.5 Å². The number of carbonyl (C=O) groups excluding carboxylic acids is 3. The summed E-state index contributed by atoms with van der Waals surface area (Å²) in [6.45, 7) is 2.36. The fourth-order valence-corrected chi connectivity index (χ4v) is 2.32. The molecule has 2 aromatic rings. The average molecular weight is 397 g/mol. The van der Waals surface area contributed by atoms with Crippen molar-refractivity contribution in [2.24, 2.45) is 0 Å². The van der Waals surface area contributed by atoms with Gasteiger partial charge in [0.25, 0.3) is 5.91 Å². The van der Waals surface area contributed by atoms with E-state index in [1.807, 2.05) is 19.1 Å². The van der Waals surface area contributed by atoms with E-state index in [-0.39, 0.29) is 13.2 Å². The molecule has 0 saturated carbocycles. The molecule has 0 aliphatic rings. The predicted octanol–water partition coefficient (Wildman–Crippen LogP) is 2.74. The first-order valence-electron chi connectivity index (χ1n) is 9.03. The first kappa shape index (κ1) is 21.7. The van der Waals surface area contributed by atoms with Crippen LogP contribution in [-0.2, 0) is 25.6 Å². The van der Waals surface area contributed by atoms with Crippen molar-refractivity contribution in [2.45, 2.75) is 13.5 Å². The third-order valence-corrected chi connectivity index (χ3v) is 3.81. The van der Waals surface area contributed by atoms with E-state index >= 15 is 0 Å². The number of methoxy groups -OCH3 is 1. The Labute approximate surface area is 169 Å². The molecule has 0 atom stereocenters. The zero-order valence-corrected chi connectivity index (χ0v) is 16.3. The maximum absolute atomic E-state index is 11.8. The second-order valence-electron chi connectivity index (χ2n) is 5.91. The summed E-state index contributed by atoms with van der Waals surface area (Å²) in [7, 11) is 1.31. The minimum atomic E-state index is -0.614. The Balaban J connectivity index is 1.72. The van der Waals surface area contributed by atoms with E-state index in [4.69, 9.17) is 9.47 Å². The fraction of sp³-hybridized carbons (Fsp3) is 0.227. The predicted molar refractivity (Wildman–Crippen MR) is 107 cm³/mol. The molecule has 1 N–H and O–H groups in total. The maximum Gasteiger partial charge on any atom is 0.337 e. The topological polar surface area (TPSA) is 90.9 Å². The Hall–Kier alpha value is -3.61. The van der Waals surface area contributed by atoms with Crippen LogP contribution >= 0.6 is 0 Å². The van der Waals surface area contributed by atoms with Crippen LogP contribution in [-0.4, -0.2) is 38.2 Å². The Morgan fingerprint density at radius 3 is 2.31 bits per heavy atom. The monoisotopic (exact) mass is 397 g/mol. The van der Waals surface area contributed by atoms with E-state index in [0.717, 1.165) is 16.9 Å². The van der Waals surface area contributed by atoms with E-state index < -0.39 is 17.8 Å². The lowest BCUT2D eigenvalue weighted by atomic mass is 10.1. The summed E-state index contributed by atoms with van der Waals surface area (Å²) in [5.74, 6) is -0.712. The number of amides is 1. The standard InChI is InChI=1S/C22H23NO6/c1-3-28-19-11-6-16(7-12-19)8-13-21(25)29-15-20(24)23-14-17-4-9-18(10-5-17)22(26)27-2/h4-13H,3,14-15H2,1-2H3,(H,23,24)/b13-8+. The van der Waals surface area contributed by atoms with Crippen molar-refractivity contribution in [3.63, 3.8) is 0 Å². The van der Waals surface area contributed by atoms with E-state index in [1.165, 1.54) is 13.2 Å². The number of nitrogens with one attached hydrogen (secondary N) is 1. The smallest absolute Gasteiger partial charge is 0.337 e. The summed E-state index contributed by atoms with van der Waals surface area (Å²) in [6, 6.07) is 13.9. The second kappa shape index (κ2) is 11.3. The van der Waals surface area contributed by atoms with E-state index in [2.05, 4.69) is 10.1 Å². The molecule has 0 aliphatic heterocycles. The number of esters is 2. The van der Waals surface area contributed by atoms with Crippen LogP contribution in [0.1, 0.15) is 28.4 Å². The first-order valence-corrected chi connectivity index (χ1v) is 9.03. The lowest BCUT2D eigenvalue weighted by molar-refractivity contribution is -0.143. The molecule has 0 aromatic heterocycles. The third-order valence-electron chi connectivity index (χ3n) is 3.81. The van der Waals surface area contributed by atoms with Gasteiger partial charge in [-0.2, -0.15) is 0 Å². The van der Waals surface area contributed by atoms with Crippen molar-refractivity contribution in [2.75, 3.05) is 20.3 Å². The number of carbonyl (C=O) groups is 3. The van der Waals surface area contributed by atoms with E-state index in [1.54, 1.807) is 42.5 Å². The molecule has 0 saturated heterocycles. The van der Waals surface area contributed by atoms with E-state index in [9.17, 15) is 14.4 Å². The average Bonchev–Trinajstić information content (AvgIpc) is 2.75. The molecule has 0 aliphatic carbocycles.